The van der Waals surface area contributed by atoms with Crippen LogP contribution in [0.25, 0.3) is 0 Å². The topological polar surface area (TPSA) is 90.7 Å². The number of nitrogens with zero attached hydrogens (tertiary/aromatic N) is 2. The first-order chi connectivity index (χ1) is 18.5. The lowest BCUT2D eigenvalue weighted by molar-refractivity contribution is -0.133. The number of carbonyl (C=O) groups is 2. The average molecular weight is 521 g/mol. The molecule has 0 saturated carbocycles. The molecule has 0 spiro atoms. The van der Waals surface area contributed by atoms with E-state index >= 15 is 0 Å². The number of carbonyl (C=O) groups excluding carboxylic acids is 2. The van der Waals surface area contributed by atoms with Gasteiger partial charge in [0.2, 0.25) is 12.7 Å². The normalized spacial score (nSPS) is 15.9. The van der Waals surface area contributed by atoms with Gasteiger partial charge in [0, 0.05) is 25.3 Å². The van der Waals surface area contributed by atoms with Gasteiger partial charge >= 0.3 is 0 Å². The molecule has 0 radical (unpaired) electrons. The van der Waals surface area contributed by atoms with Crippen molar-refractivity contribution in [3.8, 4) is 17.2 Å². The first kappa shape index (κ1) is 25.7. The number of benzene rings is 2. The molecule has 2 aromatic carbocycles. The number of ether oxygens (including phenoxy) is 4. The number of methoxy groups -OCH3 is 1. The Balaban J connectivity index is 1.37. The van der Waals surface area contributed by atoms with Gasteiger partial charge in [-0.25, -0.2) is 0 Å². The van der Waals surface area contributed by atoms with Crippen molar-refractivity contribution in [1.29, 1.82) is 0 Å². The minimum atomic E-state index is -0.228. The third-order valence-corrected chi connectivity index (χ3v) is 6.70. The van der Waals surface area contributed by atoms with Crippen LogP contribution < -0.4 is 14.2 Å². The minimum Gasteiger partial charge on any atom is -0.497 e. The lowest BCUT2D eigenvalue weighted by atomic mass is 10.1. The first-order valence-electron chi connectivity index (χ1n) is 12.7. The van der Waals surface area contributed by atoms with E-state index in [0.29, 0.717) is 48.3 Å². The Morgan fingerprint density at radius 2 is 1.79 bits per heavy atom. The van der Waals surface area contributed by atoms with Gasteiger partial charge in [-0.2, -0.15) is 0 Å². The molecule has 1 saturated heterocycles. The van der Waals surface area contributed by atoms with Gasteiger partial charge in [0.1, 0.15) is 23.8 Å². The standard InChI is InChI=1S/C29H32N2O7/c1-20-5-9-25(38-20)17-30(15-21-6-12-26-27(14-21)37-19-36-26)28(32)18-31(16-24-4-3-13-35-24)29(33)22-7-10-23(34-2)11-8-22/h5-12,14,24H,3-4,13,15-19H2,1-2H3. The summed E-state index contributed by atoms with van der Waals surface area (Å²) in [7, 11) is 1.58. The van der Waals surface area contributed by atoms with Gasteiger partial charge in [-0.1, -0.05) is 6.07 Å². The number of amides is 2. The Labute approximate surface area is 221 Å². The fourth-order valence-electron chi connectivity index (χ4n) is 4.68. The average Bonchev–Trinajstić information content (AvgIpc) is 3.70. The van der Waals surface area contributed by atoms with E-state index in [2.05, 4.69) is 0 Å². The van der Waals surface area contributed by atoms with E-state index in [1.165, 1.54) is 0 Å². The molecule has 1 fully saturated rings. The zero-order valence-corrected chi connectivity index (χ0v) is 21.7. The van der Waals surface area contributed by atoms with E-state index in [0.717, 1.165) is 24.2 Å². The molecule has 0 N–H and O–H groups in total. The Morgan fingerprint density at radius 3 is 2.50 bits per heavy atom. The van der Waals surface area contributed by atoms with Crippen molar-refractivity contribution in [3.05, 3.63) is 77.2 Å². The molecule has 9 nitrogen and oxygen atoms in total. The third-order valence-electron chi connectivity index (χ3n) is 6.70. The fourth-order valence-corrected chi connectivity index (χ4v) is 4.68. The van der Waals surface area contributed by atoms with Gasteiger partial charge in [0.05, 0.1) is 19.8 Å². The molecule has 1 unspecified atom stereocenters. The highest BCUT2D eigenvalue weighted by Crippen LogP contribution is 2.33. The van der Waals surface area contributed by atoms with Crippen LogP contribution in [-0.2, 0) is 22.6 Å². The van der Waals surface area contributed by atoms with Crippen molar-refractivity contribution in [2.75, 3.05) is 33.6 Å². The first-order valence-corrected chi connectivity index (χ1v) is 12.7. The van der Waals surface area contributed by atoms with Crippen molar-refractivity contribution < 1.29 is 33.0 Å². The maximum absolute atomic E-state index is 13.8. The van der Waals surface area contributed by atoms with Crippen LogP contribution in [0.4, 0.5) is 0 Å². The van der Waals surface area contributed by atoms with E-state index in [4.69, 9.17) is 23.4 Å². The largest absolute Gasteiger partial charge is 0.497 e. The van der Waals surface area contributed by atoms with Gasteiger partial charge in [0.15, 0.2) is 11.5 Å². The molecule has 1 aromatic heterocycles. The van der Waals surface area contributed by atoms with Crippen LogP contribution in [0.1, 0.15) is 40.3 Å². The van der Waals surface area contributed by atoms with Gasteiger partial charge in [-0.15, -0.1) is 0 Å². The molecule has 5 rings (SSSR count). The molecule has 2 aliphatic heterocycles. The van der Waals surface area contributed by atoms with Crippen LogP contribution in [0.15, 0.2) is 59.0 Å². The van der Waals surface area contributed by atoms with E-state index in [-0.39, 0.29) is 37.8 Å². The Morgan fingerprint density at radius 1 is 0.974 bits per heavy atom. The molecular formula is C29H32N2O7. The van der Waals surface area contributed by atoms with Gasteiger partial charge in [0.25, 0.3) is 5.91 Å². The lowest BCUT2D eigenvalue weighted by Gasteiger charge is -2.29. The van der Waals surface area contributed by atoms with Crippen molar-refractivity contribution in [3.63, 3.8) is 0 Å². The molecule has 3 aromatic rings. The molecule has 9 heteroatoms. The quantitative estimate of drug-likeness (QED) is 0.396. The highest BCUT2D eigenvalue weighted by molar-refractivity contribution is 5.96. The summed E-state index contributed by atoms with van der Waals surface area (Å²) in [6.45, 7) is 3.55. The van der Waals surface area contributed by atoms with Crippen molar-refractivity contribution in [2.45, 2.75) is 39.0 Å². The van der Waals surface area contributed by atoms with Crippen LogP contribution in [0.2, 0.25) is 0 Å². The summed E-state index contributed by atoms with van der Waals surface area (Å²) in [5.41, 5.74) is 1.37. The van der Waals surface area contributed by atoms with Crippen LogP contribution in [-0.4, -0.2) is 61.3 Å². The number of aryl methyl sites for hydroxylation is 1. The summed E-state index contributed by atoms with van der Waals surface area (Å²) >= 11 is 0. The summed E-state index contributed by atoms with van der Waals surface area (Å²) in [5.74, 6) is 3.00. The molecule has 38 heavy (non-hydrogen) atoms. The van der Waals surface area contributed by atoms with Crippen molar-refractivity contribution in [2.24, 2.45) is 0 Å². The second-order valence-electron chi connectivity index (χ2n) is 9.50. The number of hydrogen-bond donors (Lipinski definition) is 0. The molecule has 0 aliphatic carbocycles. The highest BCUT2D eigenvalue weighted by atomic mass is 16.7. The number of furan rings is 1. The summed E-state index contributed by atoms with van der Waals surface area (Å²) in [6, 6.07) is 16.3. The Kier molecular flexibility index (Phi) is 7.83. The van der Waals surface area contributed by atoms with Gasteiger partial charge < -0.3 is 33.2 Å². The molecule has 2 amide bonds. The Bertz CT molecular complexity index is 1260. The molecule has 2 aliphatic rings. The monoisotopic (exact) mass is 520 g/mol. The molecule has 200 valence electrons. The fraction of sp³-hybridized carbons (Fsp3) is 0.379. The number of fused-ring (bicyclic) bond motifs is 1. The van der Waals surface area contributed by atoms with Gasteiger partial charge in [-0.05, 0) is 73.9 Å². The molecular weight excluding hydrogens is 488 g/mol. The zero-order valence-electron chi connectivity index (χ0n) is 21.7. The predicted molar refractivity (Wildman–Crippen MR) is 138 cm³/mol. The SMILES string of the molecule is COc1ccc(C(=O)N(CC(=O)N(Cc2ccc3c(c2)OCO3)Cc2ccc(C)o2)CC2CCCO2)cc1. The van der Waals surface area contributed by atoms with Crippen LogP contribution in [0, 0.1) is 6.92 Å². The zero-order chi connectivity index (χ0) is 26.5. The van der Waals surface area contributed by atoms with Crippen LogP contribution in [0.3, 0.4) is 0 Å². The van der Waals surface area contributed by atoms with Crippen molar-refractivity contribution >= 4 is 11.8 Å². The summed E-state index contributed by atoms with van der Waals surface area (Å²) in [5, 5.41) is 0. The van der Waals surface area contributed by atoms with E-state index in [9.17, 15) is 9.59 Å². The van der Waals surface area contributed by atoms with E-state index < -0.39 is 0 Å². The van der Waals surface area contributed by atoms with Gasteiger partial charge in [-0.3, -0.25) is 9.59 Å². The highest BCUT2D eigenvalue weighted by Gasteiger charge is 2.28. The van der Waals surface area contributed by atoms with E-state index in [1.807, 2.05) is 37.3 Å². The maximum Gasteiger partial charge on any atom is 0.254 e. The maximum atomic E-state index is 13.8. The van der Waals surface area contributed by atoms with Crippen LogP contribution >= 0.6 is 0 Å². The second-order valence-corrected chi connectivity index (χ2v) is 9.50. The number of hydrogen-bond acceptors (Lipinski definition) is 7. The molecule has 1 atom stereocenters. The summed E-state index contributed by atoms with van der Waals surface area (Å²) in [4.78, 5) is 30.6. The summed E-state index contributed by atoms with van der Waals surface area (Å²) in [6.07, 6.45) is 1.70. The number of rotatable bonds is 10. The predicted octanol–water partition coefficient (Wildman–Crippen LogP) is 4.18. The lowest BCUT2D eigenvalue weighted by Crippen LogP contribution is -2.45. The smallest absolute Gasteiger partial charge is 0.254 e. The third kappa shape index (κ3) is 6.11. The van der Waals surface area contributed by atoms with Crippen LogP contribution in [0.5, 0.6) is 17.2 Å². The van der Waals surface area contributed by atoms with E-state index in [1.54, 1.807) is 41.2 Å². The summed E-state index contributed by atoms with van der Waals surface area (Å²) < 4.78 is 27.7. The molecule has 0 bridgehead atoms. The second kappa shape index (κ2) is 11.6. The molecule has 3 heterocycles. The minimum absolute atomic E-state index is 0.0883. The Hall–Kier alpha value is -3.98. The van der Waals surface area contributed by atoms with Crippen molar-refractivity contribution in [1.82, 2.24) is 9.80 Å².